The summed E-state index contributed by atoms with van der Waals surface area (Å²) in [5.74, 6) is 0.157. The van der Waals surface area contributed by atoms with E-state index in [9.17, 15) is 14.3 Å². The summed E-state index contributed by atoms with van der Waals surface area (Å²) in [4.78, 5) is 22.5. The molecule has 38 heavy (non-hydrogen) atoms. The molecule has 0 amide bonds. The molecule has 194 valence electrons. The number of methoxy groups -OCH3 is 1. The normalized spacial score (nSPS) is 20.8. The van der Waals surface area contributed by atoms with Crippen molar-refractivity contribution < 1.29 is 19.0 Å². The lowest BCUT2D eigenvalue weighted by atomic mass is 9.73. The van der Waals surface area contributed by atoms with E-state index in [1.54, 1.807) is 18.3 Å². The summed E-state index contributed by atoms with van der Waals surface area (Å²) in [5.41, 5.74) is 4.82. The molecule has 2 aromatic carbocycles. The molecule has 1 aliphatic heterocycles. The number of carbonyl (C=O) groups excluding carboxylic acids is 1. The molecule has 0 bridgehead atoms. The maximum atomic E-state index is 14.6. The smallest absolute Gasteiger partial charge is 0.163 e. The van der Waals surface area contributed by atoms with E-state index >= 15 is 0 Å². The number of halogens is 1. The number of aromatic nitrogens is 2. The molecule has 4 aromatic rings. The minimum absolute atomic E-state index is 0.0315. The van der Waals surface area contributed by atoms with Crippen LogP contribution in [0.5, 0.6) is 5.75 Å². The predicted octanol–water partition coefficient (Wildman–Crippen LogP) is 5.57. The van der Waals surface area contributed by atoms with E-state index in [0.29, 0.717) is 42.7 Å². The van der Waals surface area contributed by atoms with Gasteiger partial charge in [0.25, 0.3) is 0 Å². The van der Waals surface area contributed by atoms with E-state index in [2.05, 4.69) is 4.98 Å². The second-order valence-electron chi connectivity index (χ2n) is 10.6. The number of pyridine rings is 1. The average Bonchev–Trinajstić information content (AvgIpc) is 3.56. The van der Waals surface area contributed by atoms with Gasteiger partial charge >= 0.3 is 0 Å². The molecule has 6 rings (SSSR count). The topological polar surface area (TPSA) is 76.2 Å². The number of aliphatic imine (C=N–C) groups is 1. The summed E-state index contributed by atoms with van der Waals surface area (Å²) in [6, 6.07) is 14.5. The molecular weight excluding hydrogens is 481 g/mol. The minimum Gasteiger partial charge on any atom is -0.496 e. The van der Waals surface area contributed by atoms with Crippen LogP contribution in [0.25, 0.3) is 5.65 Å². The highest BCUT2D eigenvalue weighted by atomic mass is 19.1. The lowest BCUT2D eigenvalue weighted by molar-refractivity contribution is -0.0168. The quantitative estimate of drug-likeness (QED) is 0.329. The number of fused-ring (bicyclic) bond motifs is 2. The van der Waals surface area contributed by atoms with Gasteiger partial charge in [-0.25, -0.2) is 9.37 Å². The molecule has 2 aromatic heterocycles. The van der Waals surface area contributed by atoms with E-state index in [0.717, 1.165) is 40.9 Å². The molecule has 6 nitrogen and oxygen atoms in total. The van der Waals surface area contributed by atoms with Crippen LogP contribution in [-0.2, 0) is 13.0 Å². The van der Waals surface area contributed by atoms with Gasteiger partial charge in [-0.15, -0.1) is 0 Å². The van der Waals surface area contributed by atoms with Gasteiger partial charge in [-0.05, 0) is 61.1 Å². The molecule has 0 saturated heterocycles. The molecule has 0 spiro atoms. The van der Waals surface area contributed by atoms with E-state index in [-0.39, 0.29) is 23.9 Å². The summed E-state index contributed by atoms with van der Waals surface area (Å²) < 4.78 is 21.9. The maximum Gasteiger partial charge on any atom is 0.163 e. The number of ketones is 1. The molecule has 1 fully saturated rings. The van der Waals surface area contributed by atoms with Crippen molar-refractivity contribution in [2.24, 2.45) is 10.9 Å². The van der Waals surface area contributed by atoms with Gasteiger partial charge in [0.1, 0.15) is 17.2 Å². The van der Waals surface area contributed by atoms with Crippen molar-refractivity contribution in [3.8, 4) is 5.75 Å². The Kier molecular flexibility index (Phi) is 6.32. The van der Waals surface area contributed by atoms with E-state index in [1.165, 1.54) is 13.2 Å². The monoisotopic (exact) mass is 511 g/mol. The van der Waals surface area contributed by atoms with Gasteiger partial charge in [-0.3, -0.25) is 9.79 Å². The van der Waals surface area contributed by atoms with Gasteiger partial charge < -0.3 is 14.2 Å². The van der Waals surface area contributed by atoms with Crippen LogP contribution in [0.4, 0.5) is 4.39 Å². The number of Topliss-reactive ketones (excluding diaryl/α,β-unsaturated/α-hetero) is 1. The van der Waals surface area contributed by atoms with Crippen LogP contribution in [0.15, 0.2) is 72.1 Å². The number of rotatable bonds is 7. The van der Waals surface area contributed by atoms with E-state index in [1.807, 2.05) is 47.1 Å². The van der Waals surface area contributed by atoms with Crippen LogP contribution in [0.2, 0.25) is 0 Å². The van der Waals surface area contributed by atoms with Gasteiger partial charge in [-0.2, -0.15) is 0 Å². The molecule has 2 atom stereocenters. The Labute approximate surface area is 220 Å². The Balaban J connectivity index is 1.18. The summed E-state index contributed by atoms with van der Waals surface area (Å²) in [5, 5.41) is 11.4. The zero-order chi connectivity index (χ0) is 26.3. The first-order chi connectivity index (χ1) is 18.4. The Morgan fingerprint density at radius 1 is 1.24 bits per heavy atom. The molecule has 1 N–H and O–H groups in total. The van der Waals surface area contributed by atoms with Crippen molar-refractivity contribution in [2.75, 3.05) is 7.11 Å². The second-order valence-corrected chi connectivity index (χ2v) is 10.6. The van der Waals surface area contributed by atoms with Crippen LogP contribution in [0, 0.1) is 11.7 Å². The van der Waals surface area contributed by atoms with Crippen LogP contribution in [0.3, 0.4) is 0 Å². The van der Waals surface area contributed by atoms with Crippen molar-refractivity contribution in [1.82, 2.24) is 9.38 Å². The molecule has 0 radical (unpaired) electrons. The number of aliphatic hydroxyl groups is 1. The van der Waals surface area contributed by atoms with Gasteiger partial charge in [-0.1, -0.05) is 24.6 Å². The predicted molar refractivity (Wildman–Crippen MR) is 143 cm³/mol. The lowest BCUT2D eigenvalue weighted by Crippen LogP contribution is -2.38. The number of imidazole rings is 1. The Morgan fingerprint density at radius 3 is 3.00 bits per heavy atom. The van der Waals surface area contributed by atoms with Crippen molar-refractivity contribution in [3.05, 3.63) is 101 Å². The molecule has 3 heterocycles. The average molecular weight is 512 g/mol. The highest BCUT2D eigenvalue weighted by Crippen LogP contribution is 2.39. The number of ether oxygens (including phenoxy) is 1. The number of hydrogen-bond acceptors (Lipinski definition) is 5. The van der Waals surface area contributed by atoms with Crippen molar-refractivity contribution in [2.45, 2.75) is 50.7 Å². The summed E-state index contributed by atoms with van der Waals surface area (Å²) >= 11 is 0. The largest absolute Gasteiger partial charge is 0.496 e. The molecular formula is C31H30FN3O3. The van der Waals surface area contributed by atoms with Crippen molar-refractivity contribution in [3.63, 3.8) is 0 Å². The molecule has 2 aliphatic rings. The summed E-state index contributed by atoms with van der Waals surface area (Å²) in [6.07, 6.45) is 8.90. The first kappa shape index (κ1) is 24.5. The van der Waals surface area contributed by atoms with Gasteiger partial charge in [0.15, 0.2) is 5.78 Å². The lowest BCUT2D eigenvalue weighted by Gasteiger charge is -2.37. The van der Waals surface area contributed by atoms with Crippen LogP contribution in [-0.4, -0.2) is 38.7 Å². The van der Waals surface area contributed by atoms with E-state index < -0.39 is 5.60 Å². The highest BCUT2D eigenvalue weighted by Gasteiger charge is 2.37. The van der Waals surface area contributed by atoms with Crippen LogP contribution >= 0.6 is 0 Å². The number of carbonyl (C=O) groups is 1. The first-order valence-electron chi connectivity index (χ1n) is 13.1. The fourth-order valence-electron chi connectivity index (χ4n) is 6.07. The van der Waals surface area contributed by atoms with Crippen LogP contribution < -0.4 is 4.74 Å². The highest BCUT2D eigenvalue weighted by molar-refractivity contribution is 6.16. The van der Waals surface area contributed by atoms with Gasteiger partial charge in [0.05, 0.1) is 25.0 Å². The fourth-order valence-corrected chi connectivity index (χ4v) is 6.07. The Bertz CT molecular complexity index is 1560. The fraction of sp³-hybridized carbons (Fsp3) is 0.323. The zero-order valence-electron chi connectivity index (χ0n) is 21.4. The minimum atomic E-state index is -1.07. The third-order valence-electron chi connectivity index (χ3n) is 7.96. The van der Waals surface area contributed by atoms with Crippen molar-refractivity contribution in [1.29, 1.82) is 0 Å². The van der Waals surface area contributed by atoms with Gasteiger partial charge in [0, 0.05) is 53.7 Å². The zero-order valence-corrected chi connectivity index (χ0v) is 21.4. The number of nitrogens with zero attached hydrogens (tertiary/aromatic N) is 3. The third kappa shape index (κ3) is 4.63. The first-order valence-corrected chi connectivity index (χ1v) is 13.1. The SMILES string of the molecule is COc1cccc(F)c1C[C@@]1(O)CCC[C@@H](CC(=O)c2ccc3c(c2)C(c2ccc4nccn4c2)=NC3)C1. The molecule has 7 heteroatoms. The second kappa shape index (κ2) is 9.80. The third-order valence-corrected chi connectivity index (χ3v) is 7.96. The number of hydrogen-bond donors (Lipinski definition) is 1. The molecule has 1 aliphatic carbocycles. The van der Waals surface area contributed by atoms with E-state index in [4.69, 9.17) is 9.73 Å². The summed E-state index contributed by atoms with van der Waals surface area (Å²) in [7, 11) is 1.51. The number of benzene rings is 2. The molecule has 0 unspecified atom stereocenters. The standard InChI is InChI=1S/C31H30FN3O3/c1-38-28-6-2-5-26(32)25(28)17-31(37)11-3-4-20(16-31)14-27(36)21-7-8-22-18-34-30(24(22)15-21)23-9-10-29-33-12-13-35(29)19-23/h2,5-10,12-13,15,19-20,37H,3-4,11,14,16-18H2,1H3/t20-,31+/m0/s1. The van der Waals surface area contributed by atoms with Crippen LogP contribution in [0.1, 0.15) is 64.7 Å². The molecule has 1 saturated carbocycles. The van der Waals surface area contributed by atoms with Gasteiger partial charge in [0.2, 0.25) is 0 Å². The Morgan fingerprint density at radius 2 is 2.13 bits per heavy atom. The Hall–Kier alpha value is -3.84. The summed E-state index contributed by atoms with van der Waals surface area (Å²) in [6.45, 7) is 0.594. The van der Waals surface area contributed by atoms with Crippen molar-refractivity contribution >= 4 is 17.1 Å². The maximum absolute atomic E-state index is 14.6.